The number of amides is 1. The summed E-state index contributed by atoms with van der Waals surface area (Å²) < 4.78 is 1.86. The molecule has 0 aliphatic rings. The molecule has 0 aliphatic carbocycles. The second-order valence-electron chi connectivity index (χ2n) is 4.74. The first-order chi connectivity index (χ1) is 10.2. The lowest BCUT2D eigenvalue weighted by molar-refractivity contribution is 0.0946. The highest BCUT2D eigenvalue weighted by molar-refractivity contribution is 6.07. The molecule has 0 aliphatic heterocycles. The van der Waals surface area contributed by atoms with Gasteiger partial charge < -0.3 is 15.6 Å². The number of nitrogens with one attached hydrogen (secondary N) is 1. The van der Waals surface area contributed by atoms with Crippen LogP contribution in [0.3, 0.4) is 0 Å². The number of carbonyl (C=O) groups is 1. The highest BCUT2D eigenvalue weighted by atomic mass is 16.1. The number of aromatic nitrogens is 3. The molecule has 3 aromatic rings. The molecule has 106 valence electrons. The number of anilines is 1. The van der Waals surface area contributed by atoms with Gasteiger partial charge in [-0.1, -0.05) is 12.1 Å². The Kier molecular flexibility index (Phi) is 3.27. The van der Waals surface area contributed by atoms with Crippen molar-refractivity contribution >= 4 is 22.4 Å². The van der Waals surface area contributed by atoms with Crippen LogP contribution in [0.4, 0.5) is 5.69 Å². The molecule has 3 N–H and O–H groups in total. The van der Waals surface area contributed by atoms with Gasteiger partial charge in [-0.15, -0.1) is 0 Å². The molecular weight excluding hydrogens is 266 g/mol. The fraction of sp³-hybridized carbons (Fsp3) is 0.133. The number of nitrogens with zero attached hydrogens (tertiary/aromatic N) is 3. The van der Waals surface area contributed by atoms with Crippen molar-refractivity contribution in [1.29, 1.82) is 0 Å². The van der Waals surface area contributed by atoms with E-state index in [0.29, 0.717) is 17.9 Å². The normalized spacial score (nSPS) is 10.7. The zero-order valence-corrected chi connectivity index (χ0v) is 11.6. The van der Waals surface area contributed by atoms with Gasteiger partial charge >= 0.3 is 0 Å². The second-order valence-corrected chi connectivity index (χ2v) is 4.74. The van der Waals surface area contributed by atoms with E-state index in [4.69, 9.17) is 5.73 Å². The van der Waals surface area contributed by atoms with Crippen LogP contribution < -0.4 is 11.1 Å². The van der Waals surface area contributed by atoms with Gasteiger partial charge in [-0.2, -0.15) is 0 Å². The summed E-state index contributed by atoms with van der Waals surface area (Å²) in [5.74, 6) is 0.539. The summed E-state index contributed by atoms with van der Waals surface area (Å²) >= 11 is 0. The molecule has 21 heavy (non-hydrogen) atoms. The molecule has 1 amide bonds. The summed E-state index contributed by atoms with van der Waals surface area (Å²) in [6.45, 7) is 0.350. The molecule has 0 fully saturated rings. The lowest BCUT2D eigenvalue weighted by Crippen LogP contribution is -2.25. The van der Waals surface area contributed by atoms with Crippen molar-refractivity contribution in [1.82, 2.24) is 19.9 Å². The van der Waals surface area contributed by atoms with Gasteiger partial charge in [0, 0.05) is 42.1 Å². The van der Waals surface area contributed by atoms with Gasteiger partial charge in [-0.05, 0) is 12.1 Å². The molecule has 2 heterocycles. The molecule has 2 aromatic heterocycles. The fourth-order valence-corrected chi connectivity index (χ4v) is 2.22. The lowest BCUT2D eigenvalue weighted by atomic mass is 10.1. The van der Waals surface area contributed by atoms with E-state index in [-0.39, 0.29) is 5.91 Å². The van der Waals surface area contributed by atoms with E-state index < -0.39 is 0 Å². The average molecular weight is 281 g/mol. The maximum absolute atomic E-state index is 12.3. The van der Waals surface area contributed by atoms with Crippen molar-refractivity contribution in [3.05, 3.63) is 54.4 Å². The van der Waals surface area contributed by atoms with Gasteiger partial charge in [-0.3, -0.25) is 9.78 Å². The Morgan fingerprint density at radius 1 is 1.24 bits per heavy atom. The minimum atomic E-state index is -0.241. The van der Waals surface area contributed by atoms with Gasteiger partial charge in [0.1, 0.15) is 11.5 Å². The van der Waals surface area contributed by atoms with Gasteiger partial charge in [0.2, 0.25) is 0 Å². The number of fused-ring (bicyclic) bond motifs is 1. The molecule has 0 unspecified atom stereocenters. The number of nitrogen functional groups attached to an aromatic ring is 1. The van der Waals surface area contributed by atoms with Gasteiger partial charge in [0.25, 0.3) is 5.91 Å². The van der Waals surface area contributed by atoms with Crippen LogP contribution in [0.25, 0.3) is 10.8 Å². The first-order valence-electron chi connectivity index (χ1n) is 6.54. The van der Waals surface area contributed by atoms with E-state index in [2.05, 4.69) is 15.3 Å². The van der Waals surface area contributed by atoms with Crippen LogP contribution in [0.2, 0.25) is 0 Å². The van der Waals surface area contributed by atoms with Crippen LogP contribution in [-0.4, -0.2) is 20.4 Å². The van der Waals surface area contributed by atoms with E-state index >= 15 is 0 Å². The Labute approximate surface area is 121 Å². The van der Waals surface area contributed by atoms with Gasteiger partial charge in [0.05, 0.1) is 6.54 Å². The van der Waals surface area contributed by atoms with Crippen LogP contribution in [0.5, 0.6) is 0 Å². The standard InChI is InChI=1S/C15H15N5O/c1-20-8-7-17-13(20)9-19-15(21)14-11-3-2-4-12(16)10(11)5-6-18-14/h2-8H,9,16H2,1H3,(H,19,21). The number of hydrogen-bond acceptors (Lipinski definition) is 4. The topological polar surface area (TPSA) is 85.8 Å². The third-order valence-electron chi connectivity index (χ3n) is 3.38. The molecule has 6 nitrogen and oxygen atoms in total. The molecule has 6 heteroatoms. The van der Waals surface area contributed by atoms with Crippen molar-refractivity contribution in [2.75, 3.05) is 5.73 Å². The van der Waals surface area contributed by atoms with Crippen molar-refractivity contribution in [3.8, 4) is 0 Å². The number of benzene rings is 1. The predicted octanol–water partition coefficient (Wildman–Crippen LogP) is 1.48. The molecule has 0 radical (unpaired) electrons. The number of nitrogens with two attached hydrogens (primary N) is 1. The molecule has 0 saturated heterocycles. The maximum atomic E-state index is 12.3. The summed E-state index contributed by atoms with van der Waals surface area (Å²) in [6.07, 6.45) is 5.12. The third kappa shape index (κ3) is 2.43. The zero-order valence-electron chi connectivity index (χ0n) is 11.6. The number of imidazole rings is 1. The highest BCUT2D eigenvalue weighted by Gasteiger charge is 2.13. The smallest absolute Gasteiger partial charge is 0.270 e. The summed E-state index contributed by atoms with van der Waals surface area (Å²) in [5.41, 5.74) is 6.93. The summed E-state index contributed by atoms with van der Waals surface area (Å²) in [5, 5.41) is 4.40. The van der Waals surface area contributed by atoms with Crippen LogP contribution in [0, 0.1) is 0 Å². The fourth-order valence-electron chi connectivity index (χ4n) is 2.22. The molecule has 3 rings (SSSR count). The van der Waals surface area contributed by atoms with E-state index in [1.165, 1.54) is 0 Å². The summed E-state index contributed by atoms with van der Waals surface area (Å²) in [6, 6.07) is 7.27. The number of aryl methyl sites for hydroxylation is 1. The van der Waals surface area contributed by atoms with Crippen molar-refractivity contribution < 1.29 is 4.79 Å². The Balaban J connectivity index is 1.88. The van der Waals surface area contributed by atoms with Crippen LogP contribution >= 0.6 is 0 Å². The van der Waals surface area contributed by atoms with E-state index in [9.17, 15) is 4.79 Å². The first kappa shape index (κ1) is 13.1. The second kappa shape index (κ2) is 5.24. The van der Waals surface area contributed by atoms with Crippen molar-refractivity contribution in [2.45, 2.75) is 6.54 Å². The SMILES string of the molecule is Cn1ccnc1CNC(=O)c1nccc2c(N)cccc12. The maximum Gasteiger partial charge on any atom is 0.270 e. The van der Waals surface area contributed by atoms with E-state index in [0.717, 1.165) is 16.6 Å². The van der Waals surface area contributed by atoms with Crippen LogP contribution in [0.1, 0.15) is 16.3 Å². The number of hydrogen-bond donors (Lipinski definition) is 2. The molecule has 0 atom stereocenters. The van der Waals surface area contributed by atoms with Crippen LogP contribution in [0.15, 0.2) is 42.9 Å². The molecular formula is C15H15N5O. The van der Waals surface area contributed by atoms with E-state index in [1.54, 1.807) is 24.5 Å². The first-order valence-corrected chi connectivity index (χ1v) is 6.54. The monoisotopic (exact) mass is 281 g/mol. The number of pyridine rings is 1. The lowest BCUT2D eigenvalue weighted by Gasteiger charge is -2.08. The molecule has 1 aromatic carbocycles. The largest absolute Gasteiger partial charge is 0.398 e. The Bertz CT molecular complexity index is 809. The molecule has 0 bridgehead atoms. The third-order valence-corrected chi connectivity index (χ3v) is 3.38. The number of rotatable bonds is 3. The number of carbonyl (C=O) groups excluding carboxylic acids is 1. The Hall–Kier alpha value is -2.89. The molecule has 0 saturated carbocycles. The zero-order chi connectivity index (χ0) is 14.8. The molecule has 0 spiro atoms. The predicted molar refractivity (Wildman–Crippen MR) is 80.5 cm³/mol. The van der Waals surface area contributed by atoms with Gasteiger partial charge in [-0.25, -0.2) is 4.98 Å². The van der Waals surface area contributed by atoms with Crippen molar-refractivity contribution in [2.24, 2.45) is 7.05 Å². The summed E-state index contributed by atoms with van der Waals surface area (Å²) in [7, 11) is 1.88. The Morgan fingerprint density at radius 3 is 2.86 bits per heavy atom. The minimum absolute atomic E-state index is 0.241. The van der Waals surface area contributed by atoms with Crippen molar-refractivity contribution in [3.63, 3.8) is 0 Å². The van der Waals surface area contributed by atoms with Crippen LogP contribution in [-0.2, 0) is 13.6 Å². The van der Waals surface area contributed by atoms with Gasteiger partial charge in [0.15, 0.2) is 0 Å². The highest BCUT2D eigenvalue weighted by Crippen LogP contribution is 2.22. The quantitative estimate of drug-likeness (QED) is 0.712. The summed E-state index contributed by atoms with van der Waals surface area (Å²) in [4.78, 5) is 20.7. The Morgan fingerprint density at radius 2 is 2.10 bits per heavy atom. The van der Waals surface area contributed by atoms with E-state index in [1.807, 2.05) is 29.9 Å². The minimum Gasteiger partial charge on any atom is -0.398 e. The average Bonchev–Trinajstić information content (AvgIpc) is 2.90.